The molecule has 0 aromatic carbocycles. The maximum absolute atomic E-state index is 13.1. The van der Waals surface area contributed by atoms with Crippen LogP contribution in [0.5, 0.6) is 0 Å². The van der Waals surface area contributed by atoms with Gasteiger partial charge in [-0.15, -0.1) is 0 Å². The van der Waals surface area contributed by atoms with Gasteiger partial charge >= 0.3 is 190 Å². The minimum absolute atomic E-state index is 0.139. The zero-order valence-corrected chi connectivity index (χ0v) is 23.2. The molecule has 0 atom stereocenters. The molecular weight excluding hydrogens is 399 g/mol. The molecule has 0 aliphatic rings. The van der Waals surface area contributed by atoms with E-state index in [1.165, 1.54) is 127 Å². The van der Waals surface area contributed by atoms with Gasteiger partial charge in [0.15, 0.2) is 0 Å². The van der Waals surface area contributed by atoms with Crippen LogP contribution < -0.4 is 0 Å². The second-order valence-corrected chi connectivity index (χ2v) is 15.9. The Labute approximate surface area is 197 Å². The summed E-state index contributed by atoms with van der Waals surface area (Å²) >= 11 is 0. The van der Waals surface area contributed by atoms with Crippen molar-refractivity contribution in [1.82, 2.24) is 0 Å². The van der Waals surface area contributed by atoms with E-state index in [2.05, 4.69) is 34.6 Å². The molecule has 0 bridgehead atoms. The first kappa shape index (κ1) is 30.9. The number of carbonyl (C=O) groups is 1. The number of carbonyl (C=O) groups excluding carboxylic acids is 1. The van der Waals surface area contributed by atoms with Crippen molar-refractivity contribution in [3.8, 4) is 0 Å². The van der Waals surface area contributed by atoms with E-state index in [0.717, 1.165) is 6.42 Å². The van der Waals surface area contributed by atoms with Gasteiger partial charge in [-0.3, -0.25) is 0 Å². The van der Waals surface area contributed by atoms with E-state index in [-0.39, 0.29) is 5.97 Å². The summed E-state index contributed by atoms with van der Waals surface area (Å²) in [5.74, 6) is 0.139. The zero-order chi connectivity index (χ0) is 23.3. The van der Waals surface area contributed by atoms with Gasteiger partial charge in [0.2, 0.25) is 0 Å². The third-order valence-corrected chi connectivity index (χ3v) is 13.7. The van der Waals surface area contributed by atoms with Crippen molar-refractivity contribution >= 4 is 12.8 Å². The molecule has 0 spiro atoms. The number of unbranched alkanes of at least 4 members (excludes halogenated alkanes) is 12. The Hall–Kier alpha value is -0.100. The van der Waals surface area contributed by atoms with Crippen LogP contribution in [-0.4, -0.2) is 30.6 Å². The van der Waals surface area contributed by atoms with Crippen molar-refractivity contribution in [3.63, 3.8) is 0 Å². The Kier molecular flexibility index (Phi) is 19.3. The fourth-order valence-electron chi connectivity index (χ4n) is 5.00. The summed E-state index contributed by atoms with van der Waals surface area (Å²) in [7, 11) is 0. The second-order valence-electron chi connectivity index (χ2n) is 10.2. The molecule has 31 heavy (non-hydrogen) atoms. The van der Waals surface area contributed by atoms with Crippen molar-refractivity contribution in [2.45, 2.75) is 150 Å². The van der Waals surface area contributed by atoms with E-state index in [1.807, 2.05) is 0 Å². The molecule has 0 aliphatic heterocycles. The van der Waals surface area contributed by atoms with Gasteiger partial charge in [-0.05, 0) is 0 Å². The fraction of sp³-hybridized carbons (Fsp3) is 0.964. The number of rotatable bonds is 23. The topological polar surface area (TPSA) is 26.3 Å². The Morgan fingerprint density at radius 3 is 1.16 bits per heavy atom. The van der Waals surface area contributed by atoms with Gasteiger partial charge in [0.1, 0.15) is 0 Å². The van der Waals surface area contributed by atoms with Crippen LogP contribution in [0.1, 0.15) is 150 Å². The molecule has 0 aromatic rings. The first-order valence-electron chi connectivity index (χ1n) is 14.2. The van der Waals surface area contributed by atoms with Crippen LogP contribution in [0.25, 0.3) is 0 Å². The first-order chi connectivity index (χ1) is 15.0. The molecule has 0 unspecified atom stereocenters. The van der Waals surface area contributed by atoms with Gasteiger partial charge < -0.3 is 0 Å². The summed E-state index contributed by atoms with van der Waals surface area (Å²) in [5, 5.41) is 0. The fourth-order valence-corrected chi connectivity index (χ4v) is 11.8. The molecule has 188 valence electrons. The molecule has 2 nitrogen and oxygen atoms in total. The van der Waals surface area contributed by atoms with E-state index in [1.54, 1.807) is 0 Å². The van der Waals surface area contributed by atoms with Crippen LogP contribution in [0.15, 0.2) is 0 Å². The number of hydrogen-bond donors (Lipinski definition) is 0. The van der Waals surface area contributed by atoms with Crippen molar-refractivity contribution in [2.24, 2.45) is 0 Å². The molecule has 0 aliphatic carbocycles. The predicted molar refractivity (Wildman–Crippen MR) is 144 cm³/mol. The van der Waals surface area contributed by atoms with E-state index in [9.17, 15) is 4.79 Å². The van der Waals surface area contributed by atoms with Crippen LogP contribution in [0.4, 0.5) is 0 Å². The quantitative estimate of drug-likeness (QED) is 0.112. The SMILES string of the molecule is CCCCCCCCCCCC(=O)OP(CCCC)(CCCC)(CCCC)CCCC. The predicted octanol–water partition coefficient (Wildman–Crippen LogP) is 10.1. The molecule has 0 rings (SSSR count). The van der Waals surface area contributed by atoms with Gasteiger partial charge in [-0.25, -0.2) is 0 Å². The standard InChI is InChI=1S/C28H59O2P/c1-6-11-16-17-18-19-20-21-22-23-28(29)30-31(24-12-7-2,25-13-8-3,26-14-9-4)27-15-10-5/h6-27H2,1-5H3. The summed E-state index contributed by atoms with van der Waals surface area (Å²) in [6.07, 6.45) is 26.8. The van der Waals surface area contributed by atoms with Gasteiger partial charge in [0.25, 0.3) is 0 Å². The third-order valence-electron chi connectivity index (χ3n) is 7.15. The van der Waals surface area contributed by atoms with E-state index >= 15 is 0 Å². The van der Waals surface area contributed by atoms with E-state index in [0.29, 0.717) is 6.42 Å². The van der Waals surface area contributed by atoms with Crippen LogP contribution in [0.3, 0.4) is 0 Å². The maximum atomic E-state index is 13.1. The van der Waals surface area contributed by atoms with Crippen LogP contribution in [-0.2, 0) is 9.32 Å². The van der Waals surface area contributed by atoms with Crippen LogP contribution in [0.2, 0.25) is 0 Å². The Morgan fingerprint density at radius 2 is 0.806 bits per heavy atom. The molecular formula is C28H59O2P. The van der Waals surface area contributed by atoms with Crippen molar-refractivity contribution in [3.05, 3.63) is 0 Å². The van der Waals surface area contributed by atoms with Crippen molar-refractivity contribution in [2.75, 3.05) is 24.6 Å². The molecule has 0 radical (unpaired) electrons. The summed E-state index contributed by atoms with van der Waals surface area (Å²) in [6.45, 7) is 8.99. The van der Waals surface area contributed by atoms with Gasteiger partial charge in [-0.2, -0.15) is 0 Å². The number of hydrogen-bond acceptors (Lipinski definition) is 2. The van der Waals surface area contributed by atoms with E-state index < -0.39 is 6.83 Å². The average Bonchev–Trinajstić information content (AvgIpc) is 2.78. The average molecular weight is 459 g/mol. The normalized spacial score (nSPS) is 13.1. The summed E-state index contributed by atoms with van der Waals surface area (Å²) in [5.41, 5.74) is 0. The Bertz CT molecular complexity index is 378. The summed E-state index contributed by atoms with van der Waals surface area (Å²) in [6, 6.07) is 0. The molecule has 0 heterocycles. The van der Waals surface area contributed by atoms with Crippen LogP contribution >= 0.6 is 6.83 Å². The van der Waals surface area contributed by atoms with Gasteiger partial charge in [0.05, 0.1) is 0 Å². The third kappa shape index (κ3) is 13.9. The molecule has 0 amide bonds. The van der Waals surface area contributed by atoms with Crippen molar-refractivity contribution < 1.29 is 9.32 Å². The molecule has 0 saturated heterocycles. The van der Waals surface area contributed by atoms with Gasteiger partial charge in [-0.1, -0.05) is 6.92 Å². The Balaban J connectivity index is 4.91. The summed E-state index contributed by atoms with van der Waals surface area (Å²) < 4.78 is 6.80. The summed E-state index contributed by atoms with van der Waals surface area (Å²) in [4.78, 5) is 13.1. The Morgan fingerprint density at radius 1 is 0.484 bits per heavy atom. The molecule has 0 aromatic heterocycles. The van der Waals surface area contributed by atoms with Crippen LogP contribution in [0, 0.1) is 0 Å². The molecule has 0 N–H and O–H groups in total. The molecule has 0 fully saturated rings. The van der Waals surface area contributed by atoms with Gasteiger partial charge in [0, 0.05) is 0 Å². The van der Waals surface area contributed by atoms with E-state index in [4.69, 9.17) is 4.52 Å². The molecule has 0 saturated carbocycles. The minimum atomic E-state index is -2.43. The zero-order valence-electron chi connectivity index (χ0n) is 22.3. The van der Waals surface area contributed by atoms with Crippen molar-refractivity contribution in [1.29, 1.82) is 0 Å². The monoisotopic (exact) mass is 458 g/mol. The first-order valence-corrected chi connectivity index (χ1v) is 17.1. The molecule has 3 heteroatoms. The second kappa shape index (κ2) is 19.4.